The highest BCUT2D eigenvalue weighted by Gasteiger charge is 2.34. The van der Waals surface area contributed by atoms with Crippen LogP contribution in [0.2, 0.25) is 0 Å². The number of ether oxygens (including phenoxy) is 10. The molecule has 2 aliphatic rings. The van der Waals surface area contributed by atoms with Crippen molar-refractivity contribution < 1.29 is 47.4 Å². The van der Waals surface area contributed by atoms with Crippen molar-refractivity contribution in [3.63, 3.8) is 0 Å². The smallest absolute Gasteiger partial charge is 0.225 e. The lowest BCUT2D eigenvalue weighted by Crippen LogP contribution is -2.29. The van der Waals surface area contributed by atoms with Crippen LogP contribution >= 0.6 is 15.8 Å². The van der Waals surface area contributed by atoms with Gasteiger partial charge in [0.1, 0.15) is 26.4 Å². The van der Waals surface area contributed by atoms with E-state index < -0.39 is 15.8 Å². The number of aromatic nitrogens is 2. The number of hydrogen-bond donors (Lipinski definition) is 0. The Bertz CT molecular complexity index is 2400. The maximum absolute atomic E-state index is 7.01. The molecule has 0 saturated heterocycles. The molecule has 0 spiro atoms. The van der Waals surface area contributed by atoms with Gasteiger partial charge in [-0.05, 0) is 92.5 Å². The van der Waals surface area contributed by atoms with Crippen molar-refractivity contribution in [2.45, 2.75) is 55.4 Å². The molecule has 0 saturated carbocycles. The lowest BCUT2D eigenvalue weighted by atomic mass is 10.1. The molecular formula is C58H70N2O10P2. The van der Waals surface area contributed by atoms with Crippen LogP contribution in [0.1, 0.15) is 44.5 Å². The van der Waals surface area contributed by atoms with E-state index in [0.717, 1.165) is 21.7 Å². The SMILES string of the molecule is Cc1cc(C)cc(P(c2cc(C)cc(C)c2)c2cc3nc(c2-c2c(P(c4cc(C)cc(C)c4)c4cc(C)cc(C)c4)cc4nc2OCCOCCOCCOCCO4)OCCOCCOCCOCCO3)c1. The van der Waals surface area contributed by atoms with Crippen LogP contribution in [0.25, 0.3) is 11.1 Å². The number of fused-ring (bicyclic) bond motifs is 4. The molecule has 2 aromatic heterocycles. The topological polar surface area (TPSA) is 118 Å². The van der Waals surface area contributed by atoms with Gasteiger partial charge >= 0.3 is 0 Å². The van der Waals surface area contributed by atoms with E-state index in [0.29, 0.717) is 103 Å². The quantitative estimate of drug-likeness (QED) is 0.146. The molecule has 14 heteroatoms. The van der Waals surface area contributed by atoms with E-state index in [4.69, 9.17) is 57.3 Å². The molecule has 0 atom stereocenters. The molecule has 12 nitrogen and oxygen atoms in total. The first-order valence-electron chi connectivity index (χ1n) is 25.0. The molecule has 0 unspecified atom stereocenters. The van der Waals surface area contributed by atoms with Crippen molar-refractivity contribution in [2.75, 3.05) is 106 Å². The molecule has 4 aromatic carbocycles. The van der Waals surface area contributed by atoms with Crippen LogP contribution in [0.15, 0.2) is 84.9 Å². The maximum Gasteiger partial charge on any atom is 0.225 e. The van der Waals surface area contributed by atoms with Crippen LogP contribution < -0.4 is 50.8 Å². The molecular weight excluding hydrogens is 947 g/mol. The molecule has 0 aliphatic carbocycles. The minimum absolute atomic E-state index is 0.204. The third-order valence-electron chi connectivity index (χ3n) is 11.9. The molecule has 8 rings (SSSR count). The van der Waals surface area contributed by atoms with Gasteiger partial charge in [0.2, 0.25) is 23.5 Å². The minimum atomic E-state index is -1.38. The summed E-state index contributed by atoms with van der Waals surface area (Å²) in [6, 6.07) is 31.6. The predicted octanol–water partition coefficient (Wildman–Crippen LogP) is 7.77. The summed E-state index contributed by atoms with van der Waals surface area (Å²) < 4.78 is 62.9. The maximum atomic E-state index is 7.01. The number of pyridine rings is 2. The lowest BCUT2D eigenvalue weighted by Gasteiger charge is -2.30. The van der Waals surface area contributed by atoms with Crippen LogP contribution in [-0.2, 0) is 28.4 Å². The molecule has 2 aliphatic heterocycles. The van der Waals surface area contributed by atoms with E-state index in [9.17, 15) is 0 Å². The van der Waals surface area contributed by atoms with Gasteiger partial charge in [0.15, 0.2) is 0 Å². The summed E-state index contributed by atoms with van der Waals surface area (Å²) in [7, 11) is -2.75. The highest BCUT2D eigenvalue weighted by molar-refractivity contribution is 7.80. The molecule has 0 radical (unpaired) electrons. The molecule has 0 amide bonds. The van der Waals surface area contributed by atoms with E-state index in [1.54, 1.807) is 0 Å². The van der Waals surface area contributed by atoms with Gasteiger partial charge in [0.25, 0.3) is 0 Å². The lowest BCUT2D eigenvalue weighted by molar-refractivity contribution is 0.00343. The fourth-order valence-electron chi connectivity index (χ4n) is 9.22. The van der Waals surface area contributed by atoms with E-state index in [2.05, 4.69) is 140 Å². The van der Waals surface area contributed by atoms with E-state index >= 15 is 0 Å². The average Bonchev–Trinajstić information content (AvgIpc) is 3.30. The largest absolute Gasteiger partial charge is 0.475 e. The van der Waals surface area contributed by atoms with Gasteiger partial charge in [-0.1, -0.05) is 117 Å². The Morgan fingerprint density at radius 1 is 0.278 bits per heavy atom. The molecule has 72 heavy (non-hydrogen) atoms. The second-order valence-electron chi connectivity index (χ2n) is 18.4. The average molecular weight is 1020 g/mol. The highest BCUT2D eigenvalue weighted by Crippen LogP contribution is 2.48. The van der Waals surface area contributed by atoms with Crippen molar-refractivity contribution >= 4 is 47.7 Å². The first kappa shape index (κ1) is 53.3. The number of benzene rings is 4. The van der Waals surface area contributed by atoms with Gasteiger partial charge in [-0.2, -0.15) is 9.97 Å². The van der Waals surface area contributed by atoms with Crippen LogP contribution in [0.5, 0.6) is 23.5 Å². The Labute approximate surface area is 428 Å². The third-order valence-corrected chi connectivity index (χ3v) is 16.6. The summed E-state index contributed by atoms with van der Waals surface area (Å²) in [5.74, 6) is 1.58. The van der Waals surface area contributed by atoms with Crippen LogP contribution in [0.3, 0.4) is 0 Å². The second-order valence-corrected chi connectivity index (χ2v) is 22.8. The normalized spacial score (nSPS) is 16.1. The fourth-order valence-corrected chi connectivity index (χ4v) is 14.9. The molecule has 6 aromatic rings. The Kier molecular flexibility index (Phi) is 19.5. The van der Waals surface area contributed by atoms with Gasteiger partial charge in [-0.3, -0.25) is 0 Å². The molecule has 4 heterocycles. The summed E-state index contributed by atoms with van der Waals surface area (Å²) >= 11 is 0. The summed E-state index contributed by atoms with van der Waals surface area (Å²) in [6.45, 7) is 23.0. The van der Waals surface area contributed by atoms with Crippen LogP contribution in [-0.4, -0.2) is 116 Å². The molecule has 4 bridgehead atoms. The minimum Gasteiger partial charge on any atom is -0.475 e. The number of hydrogen-bond acceptors (Lipinski definition) is 12. The zero-order valence-electron chi connectivity index (χ0n) is 43.3. The van der Waals surface area contributed by atoms with Gasteiger partial charge in [-0.15, -0.1) is 0 Å². The Morgan fingerprint density at radius 2 is 0.500 bits per heavy atom. The second kappa shape index (κ2) is 26.3. The van der Waals surface area contributed by atoms with Crippen LogP contribution in [0, 0.1) is 55.4 Å². The zero-order valence-corrected chi connectivity index (χ0v) is 45.1. The summed E-state index contributed by atoms with van der Waals surface area (Å²) in [5, 5.41) is 6.63. The molecule has 0 fully saturated rings. The van der Waals surface area contributed by atoms with Gasteiger partial charge in [0, 0.05) is 22.7 Å². The van der Waals surface area contributed by atoms with Gasteiger partial charge < -0.3 is 47.4 Å². The Hall–Kier alpha value is -5.00. The number of rotatable bonds is 7. The van der Waals surface area contributed by atoms with E-state index in [-0.39, 0.29) is 26.4 Å². The number of aryl methyl sites for hydroxylation is 8. The summed E-state index contributed by atoms with van der Waals surface area (Å²) in [5.41, 5.74) is 10.8. The predicted molar refractivity (Wildman–Crippen MR) is 290 cm³/mol. The van der Waals surface area contributed by atoms with E-state index in [1.165, 1.54) is 65.7 Å². The first-order chi connectivity index (χ1) is 35.0. The first-order valence-corrected chi connectivity index (χ1v) is 27.7. The molecule has 382 valence electrons. The Balaban J connectivity index is 1.51. The van der Waals surface area contributed by atoms with E-state index in [1.807, 2.05) is 0 Å². The van der Waals surface area contributed by atoms with Crippen molar-refractivity contribution in [3.8, 4) is 34.6 Å². The third kappa shape index (κ3) is 14.6. The summed E-state index contributed by atoms with van der Waals surface area (Å²) in [4.78, 5) is 10.6. The monoisotopic (exact) mass is 1020 g/mol. The van der Waals surface area contributed by atoms with Crippen molar-refractivity contribution in [1.29, 1.82) is 0 Å². The Morgan fingerprint density at radius 3 is 0.750 bits per heavy atom. The van der Waals surface area contributed by atoms with Crippen molar-refractivity contribution in [3.05, 3.63) is 129 Å². The highest BCUT2D eigenvalue weighted by atomic mass is 31.1. The number of nitrogens with zero attached hydrogens (tertiary/aromatic N) is 2. The van der Waals surface area contributed by atoms with Gasteiger partial charge in [0.05, 0.1) is 90.4 Å². The van der Waals surface area contributed by atoms with Crippen LogP contribution in [0.4, 0.5) is 0 Å². The van der Waals surface area contributed by atoms with Gasteiger partial charge in [-0.25, -0.2) is 0 Å². The molecule has 0 N–H and O–H groups in total. The summed E-state index contributed by atoms with van der Waals surface area (Å²) in [6.07, 6.45) is 0. The fraction of sp³-hybridized carbons (Fsp3) is 0.414. The van der Waals surface area contributed by atoms with Crippen molar-refractivity contribution in [1.82, 2.24) is 9.97 Å². The van der Waals surface area contributed by atoms with Crippen molar-refractivity contribution in [2.24, 2.45) is 0 Å². The standard InChI is InChI=1S/C58H70N2O10P2/c1-39-25-40(2)30-47(29-39)71(48-31-41(3)26-42(4)32-48)51-37-53-59-57(69-23-19-65-15-11-61-9-13-63-17-21-67-53)55(51)56-52(38-54-60-58(56)70-24-20-66-16-12-62-10-14-64-18-22-68-54)72(49-33-43(5)27-44(6)34-49)50-35-45(7)28-46(8)36-50/h25-38H,9-24H2,1-8H3. The zero-order chi connectivity index (χ0) is 50.4.